The first-order valence-electron chi connectivity index (χ1n) is 16.2. The zero-order chi connectivity index (χ0) is 33.2. The Balaban J connectivity index is 1.27. The smallest absolute Gasteiger partial charge is 0.319 e. The number of methoxy groups -OCH3 is 1. The fourth-order valence-electron chi connectivity index (χ4n) is 8.50. The summed E-state index contributed by atoms with van der Waals surface area (Å²) >= 11 is 0. The van der Waals surface area contributed by atoms with Crippen LogP contribution in [0.1, 0.15) is 37.7 Å². The number of ether oxygens (including phenoxy) is 2. The molecule has 2 aromatic carbocycles. The molecule has 2 bridgehead atoms. The number of terminal acetylenes is 1. The fraction of sp³-hybridized carbons (Fsp3) is 0.417. The zero-order valence-electron chi connectivity index (χ0n) is 26.5. The van der Waals surface area contributed by atoms with Crippen LogP contribution in [0.15, 0.2) is 42.4 Å². The summed E-state index contributed by atoms with van der Waals surface area (Å²) in [4.78, 5) is 18.3. The molecule has 0 aliphatic carbocycles. The number of fused-ring (bicyclic) bond motifs is 5. The van der Waals surface area contributed by atoms with E-state index in [9.17, 15) is 13.9 Å². The van der Waals surface area contributed by atoms with Crippen molar-refractivity contribution in [3.05, 3.63) is 59.6 Å². The Kier molecular flexibility index (Phi) is 7.47. The molecule has 48 heavy (non-hydrogen) atoms. The number of halogens is 3. The van der Waals surface area contributed by atoms with E-state index >= 15 is 4.39 Å². The molecular weight excluding hydrogens is 621 g/mol. The summed E-state index contributed by atoms with van der Waals surface area (Å²) in [6, 6.07) is 5.64. The molecule has 0 spiro atoms. The third-order valence-corrected chi connectivity index (χ3v) is 10.5. The number of hydrogen-bond acceptors (Lipinski definition) is 9. The molecule has 12 heteroatoms. The van der Waals surface area contributed by atoms with Gasteiger partial charge >= 0.3 is 6.01 Å². The van der Waals surface area contributed by atoms with E-state index in [1.807, 2.05) is 0 Å². The van der Waals surface area contributed by atoms with Gasteiger partial charge in [0, 0.05) is 49.9 Å². The van der Waals surface area contributed by atoms with Gasteiger partial charge in [-0.15, -0.1) is 6.42 Å². The molecule has 4 fully saturated rings. The number of aromatic hydroxyl groups is 1. The van der Waals surface area contributed by atoms with Crippen molar-refractivity contribution in [1.29, 1.82) is 0 Å². The first kappa shape index (κ1) is 30.9. The van der Waals surface area contributed by atoms with Crippen molar-refractivity contribution in [3.63, 3.8) is 0 Å². The lowest BCUT2D eigenvalue weighted by Gasteiger charge is -2.41. The normalized spacial score (nSPS) is 26.1. The van der Waals surface area contributed by atoms with Crippen molar-refractivity contribution in [2.24, 2.45) is 0 Å². The van der Waals surface area contributed by atoms with Gasteiger partial charge in [0.05, 0.1) is 35.0 Å². The molecule has 2 N–H and O–H groups in total. The summed E-state index contributed by atoms with van der Waals surface area (Å²) in [7, 11) is 1.68. The zero-order valence-corrected chi connectivity index (χ0v) is 26.5. The number of nitrogens with one attached hydrogen (secondary N) is 1. The second kappa shape index (κ2) is 11.6. The Morgan fingerprint density at radius 2 is 2.08 bits per heavy atom. The lowest BCUT2D eigenvalue weighted by molar-refractivity contribution is 0.107. The molecular formula is C36H35F3N6O3. The number of phenols is 1. The Bertz CT molecular complexity index is 2030. The Labute approximate surface area is 275 Å². The highest BCUT2D eigenvalue weighted by Gasteiger charge is 2.48. The molecule has 9 nitrogen and oxygen atoms in total. The van der Waals surface area contributed by atoms with Crippen molar-refractivity contribution in [3.8, 4) is 35.4 Å². The highest BCUT2D eigenvalue weighted by molar-refractivity contribution is 6.03. The summed E-state index contributed by atoms with van der Waals surface area (Å²) in [6.45, 7) is 3.31. The van der Waals surface area contributed by atoms with Crippen molar-refractivity contribution >= 4 is 27.5 Å². The molecule has 0 unspecified atom stereocenters. The number of rotatable bonds is 7. The van der Waals surface area contributed by atoms with Gasteiger partial charge in [0.1, 0.15) is 35.2 Å². The second-order valence-corrected chi connectivity index (χ2v) is 13.6. The average Bonchev–Trinajstić information content (AvgIpc) is 3.73. The summed E-state index contributed by atoms with van der Waals surface area (Å²) < 4.78 is 57.3. The van der Waals surface area contributed by atoms with E-state index in [0.717, 1.165) is 37.8 Å². The molecule has 8 rings (SSSR count). The van der Waals surface area contributed by atoms with E-state index in [4.69, 9.17) is 20.9 Å². The van der Waals surface area contributed by atoms with E-state index in [-0.39, 0.29) is 63.2 Å². The lowest BCUT2D eigenvalue weighted by Crippen LogP contribution is -2.61. The van der Waals surface area contributed by atoms with E-state index in [1.165, 1.54) is 30.5 Å². The Morgan fingerprint density at radius 1 is 1.21 bits per heavy atom. The molecule has 3 atom stereocenters. The van der Waals surface area contributed by atoms with Crippen LogP contribution in [0.25, 0.3) is 32.9 Å². The summed E-state index contributed by atoms with van der Waals surface area (Å²) in [6.07, 6.45) is 12.1. The molecule has 4 saturated heterocycles. The number of aromatic nitrogens is 3. The van der Waals surface area contributed by atoms with Crippen LogP contribution in [-0.4, -0.2) is 88.6 Å². The van der Waals surface area contributed by atoms with E-state index in [2.05, 4.69) is 31.0 Å². The first-order valence-corrected chi connectivity index (χ1v) is 16.2. The van der Waals surface area contributed by atoms with Crippen LogP contribution in [0.3, 0.4) is 0 Å². The molecule has 248 valence electrons. The molecule has 4 aliphatic rings. The van der Waals surface area contributed by atoms with Crippen LogP contribution in [0.2, 0.25) is 0 Å². The number of nitrogens with zero attached hydrogens (tertiary/aromatic N) is 5. The van der Waals surface area contributed by atoms with Crippen molar-refractivity contribution < 1.29 is 27.8 Å². The highest BCUT2D eigenvalue weighted by atomic mass is 19.1. The summed E-state index contributed by atoms with van der Waals surface area (Å²) in [5, 5.41) is 15.4. The summed E-state index contributed by atoms with van der Waals surface area (Å²) in [5.41, 5.74) is -0.0537. The standard InChI is InChI=1S/C36H35F3N6O3/c1-3-25-28(38)6-5-22-11-24(46)12-26(29(22)25)31-30(39)32-27(15-40-31)33(44-17-23-7-9-35(18-44,43-23)19-47-2)42-34(41-32)48-20-36-8-4-10-45(36)16-21(13-36)14-37/h1,5-6,11-12,14-15,23,43,46H,4,7-10,13,16-20H2,2H3/b21-14+/t23-,35+,36-/m0/s1. The largest absolute Gasteiger partial charge is 0.508 e. The maximum atomic E-state index is 16.9. The minimum absolute atomic E-state index is 0.00440. The maximum Gasteiger partial charge on any atom is 0.319 e. The molecule has 4 aliphatic heterocycles. The van der Waals surface area contributed by atoms with Crippen molar-refractivity contribution in [2.45, 2.75) is 49.2 Å². The molecule has 2 aromatic heterocycles. The molecule has 6 heterocycles. The SMILES string of the molecule is C#Cc1c(F)ccc2cc(O)cc(-c3ncc4c(N5C[C@@H]6CC[C@](COC)(C5)N6)nc(OC[C@@]56CCCN5C/C(=C/F)C6)nc4c3F)c12. The van der Waals surface area contributed by atoms with Crippen LogP contribution in [0.4, 0.5) is 19.0 Å². The molecule has 4 aromatic rings. The van der Waals surface area contributed by atoms with Gasteiger partial charge in [0.15, 0.2) is 5.82 Å². The minimum Gasteiger partial charge on any atom is -0.508 e. The maximum absolute atomic E-state index is 16.9. The first-order chi connectivity index (χ1) is 23.2. The Hall–Kier alpha value is -4.44. The van der Waals surface area contributed by atoms with Gasteiger partial charge in [-0.1, -0.05) is 12.0 Å². The van der Waals surface area contributed by atoms with Crippen LogP contribution in [-0.2, 0) is 4.74 Å². The Morgan fingerprint density at radius 3 is 2.90 bits per heavy atom. The predicted octanol–water partition coefficient (Wildman–Crippen LogP) is 5.24. The number of hydrogen-bond donors (Lipinski definition) is 2. The molecule has 0 saturated carbocycles. The molecule has 0 amide bonds. The van der Waals surface area contributed by atoms with Crippen molar-refractivity contribution in [1.82, 2.24) is 25.2 Å². The number of pyridine rings is 1. The number of anilines is 1. The minimum atomic E-state index is -0.783. The number of phenolic OH excluding ortho intramolecular Hbond substituents is 1. The van der Waals surface area contributed by atoms with Gasteiger partial charge in [-0.05, 0) is 67.8 Å². The average molecular weight is 657 g/mol. The summed E-state index contributed by atoms with van der Waals surface area (Å²) in [5.74, 6) is 1.28. The van der Waals surface area contributed by atoms with Gasteiger partial charge in [-0.25, -0.2) is 13.2 Å². The van der Waals surface area contributed by atoms with Gasteiger partial charge in [0.2, 0.25) is 0 Å². The van der Waals surface area contributed by atoms with Crippen molar-refractivity contribution in [2.75, 3.05) is 51.4 Å². The predicted molar refractivity (Wildman–Crippen MR) is 176 cm³/mol. The van der Waals surface area contributed by atoms with Gasteiger partial charge in [-0.3, -0.25) is 9.88 Å². The lowest BCUT2D eigenvalue weighted by atomic mass is 9.94. The molecule has 0 radical (unpaired) electrons. The van der Waals surface area contributed by atoms with E-state index < -0.39 is 11.6 Å². The van der Waals surface area contributed by atoms with Crippen LogP contribution in [0, 0.1) is 24.0 Å². The van der Waals surface area contributed by atoms with Crippen LogP contribution < -0.4 is 15.0 Å². The second-order valence-electron chi connectivity index (χ2n) is 13.6. The monoisotopic (exact) mass is 656 g/mol. The third kappa shape index (κ3) is 4.95. The number of piperazine rings is 1. The van der Waals surface area contributed by atoms with Crippen LogP contribution in [0.5, 0.6) is 11.8 Å². The third-order valence-electron chi connectivity index (χ3n) is 10.5. The van der Waals surface area contributed by atoms with E-state index in [0.29, 0.717) is 55.6 Å². The number of benzene rings is 2. The van der Waals surface area contributed by atoms with Crippen LogP contribution >= 0.6 is 0 Å². The fourth-order valence-corrected chi connectivity index (χ4v) is 8.50. The van der Waals surface area contributed by atoms with Gasteiger partial charge < -0.3 is 24.8 Å². The topological polar surface area (TPSA) is 95.9 Å². The van der Waals surface area contributed by atoms with Gasteiger partial charge in [0.25, 0.3) is 0 Å². The van der Waals surface area contributed by atoms with E-state index in [1.54, 1.807) is 7.11 Å². The highest BCUT2D eigenvalue weighted by Crippen LogP contribution is 2.43. The quantitative estimate of drug-likeness (QED) is 0.259. The van der Waals surface area contributed by atoms with Gasteiger partial charge in [-0.2, -0.15) is 9.97 Å².